The lowest BCUT2D eigenvalue weighted by Crippen LogP contribution is -2.64. The van der Waals surface area contributed by atoms with Gasteiger partial charge in [0.05, 0.1) is 6.20 Å². The molecule has 0 atom stereocenters. The van der Waals surface area contributed by atoms with Crippen LogP contribution >= 0.6 is 0 Å². The minimum absolute atomic E-state index is 0.0544. The van der Waals surface area contributed by atoms with Crippen molar-refractivity contribution in [3.05, 3.63) is 47.9 Å². The number of nitrogens with one attached hydrogen (secondary N) is 1. The van der Waals surface area contributed by atoms with Crippen molar-refractivity contribution in [3.63, 3.8) is 0 Å². The van der Waals surface area contributed by atoms with Crippen molar-refractivity contribution in [3.8, 4) is 0 Å². The maximum Gasteiger partial charge on any atom is 0.412 e. The van der Waals surface area contributed by atoms with Crippen molar-refractivity contribution in [1.29, 1.82) is 0 Å². The minimum Gasteiger partial charge on any atom is -0.445 e. The van der Waals surface area contributed by atoms with E-state index in [0.717, 1.165) is 12.8 Å². The Balaban J connectivity index is 1.21. The second-order valence-corrected chi connectivity index (χ2v) is 9.79. The number of nitrogens with zero attached hydrogens (tertiary/aromatic N) is 2. The predicted octanol–water partition coefficient (Wildman–Crippen LogP) is 4.75. The smallest absolute Gasteiger partial charge is 0.412 e. The maximum absolute atomic E-state index is 14.6. The van der Waals surface area contributed by atoms with Crippen LogP contribution in [0.15, 0.2) is 35.2 Å². The van der Waals surface area contributed by atoms with Crippen molar-refractivity contribution in [2.45, 2.75) is 52.2 Å². The van der Waals surface area contributed by atoms with Gasteiger partial charge in [0.2, 0.25) is 0 Å². The van der Waals surface area contributed by atoms with Crippen LogP contribution in [0.25, 0.3) is 0 Å². The molecule has 0 bridgehead atoms. The monoisotopic (exact) mass is 445 g/mol. The zero-order chi connectivity index (χ0) is 22.9. The van der Waals surface area contributed by atoms with E-state index in [-0.39, 0.29) is 23.9 Å². The molecular formula is C23H28FN3O5. The van der Waals surface area contributed by atoms with Crippen LogP contribution in [0.2, 0.25) is 0 Å². The summed E-state index contributed by atoms with van der Waals surface area (Å²) in [6.07, 6.45) is 4.31. The number of hydrogen-bond acceptors (Lipinski definition) is 6. The molecule has 32 heavy (non-hydrogen) atoms. The number of aromatic nitrogens is 1. The lowest BCUT2D eigenvalue weighted by molar-refractivity contribution is -0.0948. The molecule has 1 aliphatic carbocycles. The first-order chi connectivity index (χ1) is 15.1. The largest absolute Gasteiger partial charge is 0.445 e. The number of amides is 2. The zero-order valence-electron chi connectivity index (χ0n) is 18.5. The number of carbonyl (C=O) groups excluding carboxylic acids is 2. The van der Waals surface area contributed by atoms with E-state index in [4.69, 9.17) is 13.9 Å². The summed E-state index contributed by atoms with van der Waals surface area (Å²) in [6, 6.07) is 4.66. The van der Waals surface area contributed by atoms with Gasteiger partial charge in [0.1, 0.15) is 11.4 Å². The number of halogens is 1. The summed E-state index contributed by atoms with van der Waals surface area (Å²) in [5.41, 5.74) is 0.612. The second kappa shape index (κ2) is 8.44. The first kappa shape index (κ1) is 22.1. The Morgan fingerprint density at radius 3 is 2.69 bits per heavy atom. The fourth-order valence-electron chi connectivity index (χ4n) is 4.49. The number of rotatable bonds is 5. The van der Waals surface area contributed by atoms with Crippen LogP contribution < -0.4 is 5.32 Å². The summed E-state index contributed by atoms with van der Waals surface area (Å²) in [7, 11) is 0. The number of likely N-dealkylation sites (tertiary alicyclic amines) is 1. The molecule has 1 N–H and O–H groups in total. The van der Waals surface area contributed by atoms with Gasteiger partial charge in [0.15, 0.2) is 18.8 Å². The third-order valence-electron chi connectivity index (χ3n) is 5.78. The summed E-state index contributed by atoms with van der Waals surface area (Å²) >= 11 is 0. The predicted molar refractivity (Wildman–Crippen MR) is 113 cm³/mol. The highest BCUT2D eigenvalue weighted by molar-refractivity contribution is 5.84. The zero-order valence-corrected chi connectivity index (χ0v) is 18.5. The maximum atomic E-state index is 14.6. The van der Waals surface area contributed by atoms with Gasteiger partial charge in [-0.1, -0.05) is 6.07 Å². The molecule has 1 spiro atoms. The molecule has 1 aliphatic heterocycles. The third kappa shape index (κ3) is 5.20. The fraction of sp³-hybridized carbons (Fsp3) is 0.522. The summed E-state index contributed by atoms with van der Waals surface area (Å²) in [4.78, 5) is 29.4. The number of anilines is 1. The number of hydrogen-bond donors (Lipinski definition) is 1. The van der Waals surface area contributed by atoms with Crippen LogP contribution in [0, 0.1) is 17.2 Å². The van der Waals surface area contributed by atoms with Gasteiger partial charge in [0, 0.05) is 24.2 Å². The Morgan fingerprint density at radius 2 is 2.06 bits per heavy atom. The molecule has 2 amide bonds. The highest BCUT2D eigenvalue weighted by atomic mass is 19.1. The van der Waals surface area contributed by atoms with E-state index in [9.17, 15) is 14.0 Å². The molecule has 2 aliphatic rings. The minimum atomic E-state index is -0.700. The van der Waals surface area contributed by atoms with Crippen molar-refractivity contribution in [2.75, 3.05) is 18.4 Å². The first-order valence-corrected chi connectivity index (χ1v) is 10.7. The summed E-state index contributed by atoms with van der Waals surface area (Å²) in [5, 5.41) is 2.50. The van der Waals surface area contributed by atoms with E-state index in [1.807, 2.05) is 20.8 Å². The molecule has 1 saturated carbocycles. The highest BCUT2D eigenvalue weighted by Crippen LogP contribution is 2.53. The number of carbonyl (C=O) groups is 2. The molecule has 2 aromatic rings. The quantitative estimate of drug-likeness (QED) is 0.714. The van der Waals surface area contributed by atoms with E-state index >= 15 is 0 Å². The van der Waals surface area contributed by atoms with E-state index < -0.39 is 11.7 Å². The Hall–Kier alpha value is -3.10. The molecule has 8 nitrogen and oxygen atoms in total. The van der Waals surface area contributed by atoms with Gasteiger partial charge in [-0.3, -0.25) is 5.32 Å². The Labute approximate surface area is 186 Å². The SMILES string of the molecule is CC(C)(C)OC(=O)N1CC2(CC(Cc3ccc(NC(=O)OCc4cnco4)cc3F)C2)C1. The van der Waals surface area contributed by atoms with Crippen LogP contribution in [0.4, 0.5) is 19.7 Å². The Morgan fingerprint density at radius 1 is 1.31 bits per heavy atom. The van der Waals surface area contributed by atoms with Gasteiger partial charge in [-0.15, -0.1) is 0 Å². The summed E-state index contributed by atoms with van der Waals surface area (Å²) < 4.78 is 30.0. The van der Waals surface area contributed by atoms with Crippen molar-refractivity contribution >= 4 is 17.9 Å². The van der Waals surface area contributed by atoms with E-state index in [1.165, 1.54) is 18.7 Å². The standard InChI is InChI=1S/C23H28FN3O5/c1-22(2,3)32-21(29)27-12-23(13-27)8-15(9-23)6-16-4-5-17(7-19(16)24)26-20(28)30-11-18-10-25-14-31-18/h4-5,7,10,14-15H,6,8-9,11-13H2,1-3H3,(H,26,28). The topological polar surface area (TPSA) is 93.9 Å². The van der Waals surface area contributed by atoms with Gasteiger partial charge < -0.3 is 18.8 Å². The molecule has 2 fully saturated rings. The third-order valence-corrected chi connectivity index (χ3v) is 5.78. The average molecular weight is 445 g/mol. The van der Waals surface area contributed by atoms with Crippen LogP contribution in [0.3, 0.4) is 0 Å². The van der Waals surface area contributed by atoms with Crippen LogP contribution in [-0.4, -0.2) is 40.8 Å². The van der Waals surface area contributed by atoms with Crippen LogP contribution in [0.5, 0.6) is 0 Å². The van der Waals surface area contributed by atoms with Crippen molar-refractivity contribution in [2.24, 2.45) is 11.3 Å². The fourth-order valence-corrected chi connectivity index (χ4v) is 4.49. The van der Waals surface area contributed by atoms with Gasteiger partial charge in [-0.2, -0.15) is 0 Å². The van der Waals surface area contributed by atoms with Gasteiger partial charge >= 0.3 is 12.2 Å². The Kier molecular flexibility index (Phi) is 5.83. The normalized spacial score (nSPS) is 17.4. The molecule has 9 heteroatoms. The molecule has 4 rings (SSSR count). The molecule has 1 saturated heterocycles. The summed E-state index contributed by atoms with van der Waals surface area (Å²) in [6.45, 7) is 6.94. The molecule has 1 aromatic heterocycles. The van der Waals surface area contributed by atoms with Gasteiger partial charge in [0.25, 0.3) is 0 Å². The van der Waals surface area contributed by atoms with Crippen molar-refractivity contribution < 1.29 is 27.9 Å². The number of benzene rings is 1. The van der Waals surface area contributed by atoms with Crippen LogP contribution in [-0.2, 0) is 22.5 Å². The summed E-state index contributed by atoms with van der Waals surface area (Å²) in [5.74, 6) is 0.444. The van der Waals surface area contributed by atoms with E-state index in [0.29, 0.717) is 42.4 Å². The number of oxazole rings is 1. The Bertz CT molecular complexity index is 972. The van der Waals surface area contributed by atoms with Gasteiger partial charge in [-0.25, -0.2) is 19.0 Å². The first-order valence-electron chi connectivity index (χ1n) is 10.7. The lowest BCUT2D eigenvalue weighted by atomic mass is 9.56. The van der Waals surface area contributed by atoms with E-state index in [1.54, 1.807) is 17.0 Å². The lowest BCUT2D eigenvalue weighted by Gasteiger charge is -2.59. The van der Waals surface area contributed by atoms with E-state index in [2.05, 4.69) is 10.3 Å². The van der Waals surface area contributed by atoms with Crippen molar-refractivity contribution in [1.82, 2.24) is 9.88 Å². The number of ether oxygens (including phenoxy) is 2. The second-order valence-electron chi connectivity index (χ2n) is 9.79. The average Bonchev–Trinajstić information content (AvgIpc) is 3.14. The molecule has 172 valence electrons. The van der Waals surface area contributed by atoms with Gasteiger partial charge in [-0.05, 0) is 63.6 Å². The highest BCUT2D eigenvalue weighted by Gasteiger charge is 2.54. The molecule has 0 unspecified atom stereocenters. The molecule has 1 aromatic carbocycles. The molecular weight excluding hydrogens is 417 g/mol. The molecule has 0 radical (unpaired) electrons. The van der Waals surface area contributed by atoms with Crippen LogP contribution in [0.1, 0.15) is 44.9 Å². The molecule has 2 heterocycles.